The number of hydrogen-bond donors (Lipinski definition) is 3. The highest BCUT2D eigenvalue weighted by Gasteiger charge is 2.23. The van der Waals surface area contributed by atoms with E-state index in [0.29, 0.717) is 17.8 Å². The molecule has 3 N–H and O–H groups in total. The summed E-state index contributed by atoms with van der Waals surface area (Å²) in [7, 11) is -4.43. The van der Waals surface area contributed by atoms with Crippen LogP contribution in [0.1, 0.15) is 43.4 Å². The lowest BCUT2D eigenvalue weighted by Crippen LogP contribution is -2.23. The fourth-order valence-corrected chi connectivity index (χ4v) is 5.37. The Kier molecular flexibility index (Phi) is 8.71. The van der Waals surface area contributed by atoms with Crippen molar-refractivity contribution in [2.24, 2.45) is 0 Å². The quantitative estimate of drug-likeness (QED) is 0.152. The normalized spacial score (nSPS) is 12.5. The van der Waals surface area contributed by atoms with Gasteiger partial charge in [-0.1, -0.05) is 75.4 Å². The number of para-hydroxylation sites is 1. The number of nitrogens with one attached hydrogen (secondary N) is 2. The summed E-state index contributed by atoms with van der Waals surface area (Å²) >= 11 is 0. The highest BCUT2D eigenvalue weighted by molar-refractivity contribution is 7.86. The molecule has 0 bridgehead atoms. The van der Waals surface area contributed by atoms with Crippen LogP contribution in [0.25, 0.3) is 22.3 Å². The van der Waals surface area contributed by atoms with Crippen molar-refractivity contribution < 1.29 is 27.0 Å². The van der Waals surface area contributed by atoms with Gasteiger partial charge in [-0.3, -0.25) is 14.1 Å². The average Bonchev–Trinajstić information content (AvgIpc) is 3.40. The lowest BCUT2D eigenvalue weighted by atomic mass is 9.84. The van der Waals surface area contributed by atoms with E-state index in [2.05, 4.69) is 31.4 Å². The van der Waals surface area contributed by atoms with Gasteiger partial charge in [0, 0.05) is 22.3 Å². The predicted octanol–water partition coefficient (Wildman–Crippen LogP) is 7.19. The van der Waals surface area contributed by atoms with Crippen LogP contribution in [0.2, 0.25) is 0 Å². The number of amides is 2. The zero-order valence-corrected chi connectivity index (χ0v) is 25.5. The molecular formula is C35H34N2O6S. The molecule has 9 heteroatoms. The van der Waals surface area contributed by atoms with E-state index in [0.717, 1.165) is 39.0 Å². The van der Waals surface area contributed by atoms with Crippen molar-refractivity contribution in [1.82, 2.24) is 0 Å². The van der Waals surface area contributed by atoms with Gasteiger partial charge in [0.2, 0.25) is 11.8 Å². The predicted molar refractivity (Wildman–Crippen MR) is 173 cm³/mol. The van der Waals surface area contributed by atoms with Crippen LogP contribution in [0.15, 0.2) is 108 Å². The molecule has 4 aromatic carbocycles. The third kappa shape index (κ3) is 7.80. The molecule has 0 spiro atoms. The first kappa shape index (κ1) is 30.7. The van der Waals surface area contributed by atoms with Gasteiger partial charge in [0.25, 0.3) is 10.1 Å². The van der Waals surface area contributed by atoms with E-state index in [-0.39, 0.29) is 11.3 Å². The number of fused-ring (bicyclic) bond motifs is 1. The second-order valence-electron chi connectivity index (χ2n) is 11.8. The van der Waals surface area contributed by atoms with Crippen molar-refractivity contribution in [2.45, 2.75) is 38.5 Å². The van der Waals surface area contributed by atoms with Crippen LogP contribution in [0.5, 0.6) is 0 Å². The van der Waals surface area contributed by atoms with Crippen LogP contribution in [-0.4, -0.2) is 30.5 Å². The number of anilines is 2. The van der Waals surface area contributed by atoms with Crippen LogP contribution in [0, 0.1) is 0 Å². The third-order valence-corrected chi connectivity index (χ3v) is 7.98. The fourth-order valence-electron chi connectivity index (χ4n) is 4.97. The summed E-state index contributed by atoms with van der Waals surface area (Å²) in [5, 5.41) is 6.53. The van der Waals surface area contributed by atoms with Crippen molar-refractivity contribution >= 4 is 44.3 Å². The number of carbonyl (C=O) groups excluding carboxylic acids is 2. The number of hydrogen-bond acceptors (Lipinski definition) is 5. The van der Waals surface area contributed by atoms with Gasteiger partial charge in [0.05, 0.1) is 5.92 Å². The molecule has 0 aliphatic heterocycles. The lowest BCUT2D eigenvalue weighted by molar-refractivity contribution is -0.117. The molecule has 0 aliphatic carbocycles. The molecule has 2 amide bonds. The first-order valence-electron chi connectivity index (χ1n) is 14.2. The lowest BCUT2D eigenvalue weighted by Gasteiger charge is -2.22. The second kappa shape index (κ2) is 12.5. The summed E-state index contributed by atoms with van der Waals surface area (Å²) < 4.78 is 36.8. The molecule has 1 atom stereocenters. The number of furan rings is 1. The highest BCUT2D eigenvalue weighted by Crippen LogP contribution is 2.30. The summed E-state index contributed by atoms with van der Waals surface area (Å²) in [6.45, 7) is 6.41. The number of benzene rings is 4. The zero-order chi connectivity index (χ0) is 31.5. The minimum absolute atomic E-state index is 0.0342. The zero-order valence-electron chi connectivity index (χ0n) is 24.7. The van der Waals surface area contributed by atoms with Crippen LogP contribution in [-0.2, 0) is 31.5 Å². The van der Waals surface area contributed by atoms with Gasteiger partial charge in [-0.15, -0.1) is 0 Å². The van der Waals surface area contributed by atoms with E-state index in [1.807, 2.05) is 78.9 Å². The minimum Gasteiger partial charge on any atom is -0.456 e. The monoisotopic (exact) mass is 610 g/mol. The first-order chi connectivity index (χ1) is 20.8. The fraction of sp³-hybridized carbons (Fsp3) is 0.200. The Bertz CT molecular complexity index is 1850. The van der Waals surface area contributed by atoms with Gasteiger partial charge in [0.1, 0.15) is 11.3 Å². The van der Waals surface area contributed by atoms with E-state index in [9.17, 15) is 18.0 Å². The van der Waals surface area contributed by atoms with Gasteiger partial charge in [-0.05, 0) is 77.1 Å². The van der Waals surface area contributed by atoms with E-state index in [1.54, 1.807) is 24.3 Å². The maximum atomic E-state index is 13.7. The Hall–Kier alpha value is -4.73. The van der Waals surface area contributed by atoms with Gasteiger partial charge >= 0.3 is 0 Å². The molecule has 0 radical (unpaired) electrons. The van der Waals surface area contributed by atoms with E-state index in [4.69, 9.17) is 8.97 Å². The summed E-state index contributed by atoms with van der Waals surface area (Å²) in [4.78, 5) is 25.6. The first-order valence-corrected chi connectivity index (χ1v) is 15.8. The molecular weight excluding hydrogens is 576 g/mol. The summed E-state index contributed by atoms with van der Waals surface area (Å²) in [5.74, 6) is -1.81. The van der Waals surface area contributed by atoms with E-state index >= 15 is 0 Å². The number of carbonyl (C=O) groups is 2. The Labute approximate surface area is 256 Å². The molecule has 0 aliphatic rings. The summed E-state index contributed by atoms with van der Waals surface area (Å²) in [5.41, 5.74) is 5.58. The largest absolute Gasteiger partial charge is 0.456 e. The Morgan fingerprint density at radius 2 is 1.43 bits per heavy atom. The molecule has 44 heavy (non-hydrogen) atoms. The van der Waals surface area contributed by atoms with Gasteiger partial charge < -0.3 is 15.1 Å². The molecule has 226 valence electrons. The maximum absolute atomic E-state index is 13.7. The second-order valence-corrected chi connectivity index (χ2v) is 13.3. The smallest absolute Gasteiger partial charge is 0.274 e. The molecule has 1 aromatic heterocycles. The van der Waals surface area contributed by atoms with Crippen molar-refractivity contribution in [2.75, 3.05) is 16.4 Å². The third-order valence-electron chi connectivity index (χ3n) is 7.35. The molecule has 1 unspecified atom stereocenters. The van der Waals surface area contributed by atoms with Crippen molar-refractivity contribution in [3.63, 3.8) is 0 Å². The Morgan fingerprint density at radius 1 is 0.818 bits per heavy atom. The molecule has 1 heterocycles. The maximum Gasteiger partial charge on any atom is 0.274 e. The SMILES string of the molecule is CC(C)(C)c1ccc(C(Cc2ccc(NC(=O)CS(=O)(=O)O)cc2)C(=O)Nc2ccc(-c3cc4ccccc4o3)cc2)cc1. The molecule has 5 aromatic rings. The molecule has 8 nitrogen and oxygen atoms in total. The van der Waals surface area contributed by atoms with Crippen LogP contribution in [0.4, 0.5) is 11.4 Å². The summed E-state index contributed by atoms with van der Waals surface area (Å²) in [6, 6.07) is 32.2. The van der Waals surface area contributed by atoms with Crippen LogP contribution in [0.3, 0.4) is 0 Å². The van der Waals surface area contributed by atoms with Crippen LogP contribution < -0.4 is 10.6 Å². The molecule has 0 fully saturated rings. The van der Waals surface area contributed by atoms with Crippen molar-refractivity contribution in [3.05, 3.63) is 120 Å². The summed E-state index contributed by atoms with van der Waals surface area (Å²) in [6.07, 6.45) is 0.386. The topological polar surface area (TPSA) is 126 Å². The molecule has 0 saturated heterocycles. The minimum atomic E-state index is -4.43. The van der Waals surface area contributed by atoms with Gasteiger partial charge in [-0.25, -0.2) is 0 Å². The average molecular weight is 611 g/mol. The standard InChI is InChI=1S/C35H34N2O6S/c1-35(2,3)27-14-10-24(11-15-27)30(20-23-8-16-28(17-9-23)36-33(38)22-44(40,41)42)34(39)37-29-18-12-25(13-19-29)32-21-26-6-4-5-7-31(26)43-32/h4-19,21,30H,20,22H2,1-3H3,(H,36,38)(H,37,39)(H,40,41,42). The van der Waals surface area contributed by atoms with Crippen molar-refractivity contribution in [3.8, 4) is 11.3 Å². The van der Waals surface area contributed by atoms with E-state index < -0.39 is 27.7 Å². The molecule has 5 rings (SSSR count). The van der Waals surface area contributed by atoms with Gasteiger partial charge in [0.15, 0.2) is 5.75 Å². The highest BCUT2D eigenvalue weighted by atomic mass is 32.2. The van der Waals surface area contributed by atoms with Gasteiger partial charge in [-0.2, -0.15) is 8.42 Å². The van der Waals surface area contributed by atoms with Crippen LogP contribution >= 0.6 is 0 Å². The van der Waals surface area contributed by atoms with E-state index in [1.165, 1.54) is 0 Å². The van der Waals surface area contributed by atoms with Crippen molar-refractivity contribution in [1.29, 1.82) is 0 Å². The number of rotatable bonds is 9. The molecule has 0 saturated carbocycles. The Morgan fingerprint density at radius 3 is 2.05 bits per heavy atom. The Balaban J connectivity index is 1.34.